The minimum atomic E-state index is -0.489. The molecule has 1 N–H and O–H groups in total. The number of benzene rings is 1. The summed E-state index contributed by atoms with van der Waals surface area (Å²) in [7, 11) is 0. The second kappa shape index (κ2) is 6.22. The number of anilines is 1. The van der Waals surface area contributed by atoms with Gasteiger partial charge in [-0.2, -0.15) is 0 Å². The molecule has 116 valence electrons. The predicted molar refractivity (Wildman–Crippen MR) is 83.9 cm³/mol. The van der Waals surface area contributed by atoms with Crippen LogP contribution in [-0.4, -0.2) is 35.7 Å². The summed E-state index contributed by atoms with van der Waals surface area (Å²) in [6.45, 7) is 6.75. The van der Waals surface area contributed by atoms with E-state index in [1.165, 1.54) is 6.07 Å². The maximum absolute atomic E-state index is 13.5. The van der Waals surface area contributed by atoms with Crippen LogP contribution in [0.1, 0.15) is 27.2 Å². The Bertz CT molecular complexity index is 531. The summed E-state index contributed by atoms with van der Waals surface area (Å²) in [4.78, 5) is 13.6. The van der Waals surface area contributed by atoms with Crippen LogP contribution in [0.2, 0.25) is 0 Å². The van der Waals surface area contributed by atoms with Gasteiger partial charge >= 0.3 is 6.09 Å². The molecule has 1 aliphatic rings. The van der Waals surface area contributed by atoms with E-state index in [-0.39, 0.29) is 18.0 Å². The second-order valence-corrected chi connectivity index (χ2v) is 7.04. The van der Waals surface area contributed by atoms with Crippen LogP contribution in [0.4, 0.5) is 14.9 Å². The predicted octanol–water partition coefficient (Wildman–Crippen LogP) is 4.01. The molecule has 0 saturated carbocycles. The molecule has 6 heteroatoms. The van der Waals surface area contributed by atoms with Crippen molar-refractivity contribution in [3.8, 4) is 0 Å². The van der Waals surface area contributed by atoms with Gasteiger partial charge in [-0.15, -0.1) is 0 Å². The van der Waals surface area contributed by atoms with Gasteiger partial charge in [0.25, 0.3) is 0 Å². The molecule has 0 aromatic heterocycles. The standard InChI is InChI=1S/C15H20BrFN2O2/c1-15(2,3)21-14(20)19-7-6-11(9-19)18-10-4-5-12(16)13(17)8-10/h4-5,8,11,18H,6-7,9H2,1-3H3. The van der Waals surface area contributed by atoms with Gasteiger partial charge in [0.05, 0.1) is 4.47 Å². The molecule has 1 unspecified atom stereocenters. The van der Waals surface area contributed by atoms with Gasteiger partial charge in [-0.05, 0) is 61.3 Å². The van der Waals surface area contributed by atoms with E-state index in [0.29, 0.717) is 23.2 Å². The fourth-order valence-corrected chi connectivity index (χ4v) is 2.44. The average Bonchev–Trinajstić information content (AvgIpc) is 2.80. The third-order valence-electron chi connectivity index (χ3n) is 3.13. The van der Waals surface area contributed by atoms with Crippen LogP contribution in [0.15, 0.2) is 22.7 Å². The van der Waals surface area contributed by atoms with Crippen molar-refractivity contribution in [2.45, 2.75) is 38.8 Å². The first-order valence-corrected chi connectivity index (χ1v) is 7.73. The van der Waals surface area contributed by atoms with Crippen molar-refractivity contribution >= 4 is 27.7 Å². The lowest BCUT2D eigenvalue weighted by molar-refractivity contribution is 0.0293. The summed E-state index contributed by atoms with van der Waals surface area (Å²) in [5.41, 5.74) is 0.226. The van der Waals surface area contributed by atoms with Gasteiger partial charge in [0.15, 0.2) is 0 Å². The van der Waals surface area contributed by atoms with E-state index in [1.807, 2.05) is 26.8 Å². The molecular weight excluding hydrogens is 339 g/mol. The Hall–Kier alpha value is -1.30. The highest BCUT2D eigenvalue weighted by molar-refractivity contribution is 9.10. The van der Waals surface area contributed by atoms with Gasteiger partial charge in [-0.1, -0.05) is 0 Å². The van der Waals surface area contributed by atoms with Gasteiger partial charge in [-0.3, -0.25) is 0 Å². The maximum atomic E-state index is 13.5. The van der Waals surface area contributed by atoms with E-state index in [1.54, 1.807) is 11.0 Å². The van der Waals surface area contributed by atoms with Gasteiger partial charge in [0, 0.05) is 24.8 Å². The zero-order valence-electron chi connectivity index (χ0n) is 12.5. The molecule has 0 spiro atoms. The van der Waals surface area contributed by atoms with Crippen LogP contribution in [0.3, 0.4) is 0 Å². The number of likely N-dealkylation sites (tertiary alicyclic amines) is 1. The minimum Gasteiger partial charge on any atom is -0.444 e. The quantitative estimate of drug-likeness (QED) is 0.868. The van der Waals surface area contributed by atoms with Crippen molar-refractivity contribution in [3.63, 3.8) is 0 Å². The lowest BCUT2D eigenvalue weighted by atomic mass is 10.2. The topological polar surface area (TPSA) is 41.6 Å². The highest BCUT2D eigenvalue weighted by atomic mass is 79.9. The molecule has 1 aromatic carbocycles. The van der Waals surface area contributed by atoms with Crippen LogP contribution in [0, 0.1) is 5.82 Å². The monoisotopic (exact) mass is 358 g/mol. The lowest BCUT2D eigenvalue weighted by Gasteiger charge is -2.24. The summed E-state index contributed by atoms with van der Waals surface area (Å²) >= 11 is 3.13. The van der Waals surface area contributed by atoms with Crippen LogP contribution in [-0.2, 0) is 4.74 Å². The van der Waals surface area contributed by atoms with Crippen molar-refractivity contribution in [3.05, 3.63) is 28.5 Å². The number of halogens is 2. The first kappa shape index (κ1) is 16.1. The molecule has 0 radical (unpaired) electrons. The van der Waals surface area contributed by atoms with E-state index >= 15 is 0 Å². The lowest BCUT2D eigenvalue weighted by Crippen LogP contribution is -2.36. The summed E-state index contributed by atoms with van der Waals surface area (Å²) in [5.74, 6) is -0.304. The maximum Gasteiger partial charge on any atom is 0.410 e. The van der Waals surface area contributed by atoms with Crippen LogP contribution < -0.4 is 5.32 Å². The Kier molecular flexibility index (Phi) is 4.76. The fourth-order valence-electron chi connectivity index (χ4n) is 2.19. The number of carbonyl (C=O) groups is 1. The number of nitrogens with one attached hydrogen (secondary N) is 1. The van der Waals surface area contributed by atoms with Crippen LogP contribution >= 0.6 is 15.9 Å². The van der Waals surface area contributed by atoms with E-state index < -0.39 is 5.60 Å². The van der Waals surface area contributed by atoms with Gasteiger partial charge < -0.3 is 15.0 Å². The van der Waals surface area contributed by atoms with E-state index in [4.69, 9.17) is 4.74 Å². The van der Waals surface area contributed by atoms with Crippen molar-refractivity contribution in [2.75, 3.05) is 18.4 Å². The van der Waals surface area contributed by atoms with Crippen molar-refractivity contribution in [2.24, 2.45) is 0 Å². The number of hydrogen-bond acceptors (Lipinski definition) is 3. The highest BCUT2D eigenvalue weighted by Gasteiger charge is 2.29. The minimum absolute atomic E-state index is 0.109. The molecule has 21 heavy (non-hydrogen) atoms. The van der Waals surface area contributed by atoms with E-state index in [0.717, 1.165) is 6.42 Å². The molecule has 1 saturated heterocycles. The zero-order chi connectivity index (χ0) is 15.6. The molecule has 4 nitrogen and oxygen atoms in total. The number of amides is 1. The molecule has 2 rings (SSSR count). The van der Waals surface area contributed by atoms with E-state index in [2.05, 4.69) is 21.2 Å². The number of carbonyl (C=O) groups excluding carboxylic acids is 1. The van der Waals surface area contributed by atoms with Crippen LogP contribution in [0.25, 0.3) is 0 Å². The smallest absolute Gasteiger partial charge is 0.410 e. The van der Waals surface area contributed by atoms with Gasteiger partial charge in [0.2, 0.25) is 0 Å². The SMILES string of the molecule is CC(C)(C)OC(=O)N1CCC(Nc2ccc(Br)c(F)c2)C1. The molecule has 1 aliphatic heterocycles. The number of ether oxygens (including phenoxy) is 1. The van der Waals surface area contributed by atoms with Crippen molar-refractivity contribution in [1.82, 2.24) is 4.90 Å². The Labute approximate surface area is 132 Å². The summed E-state index contributed by atoms with van der Waals surface area (Å²) in [5, 5.41) is 3.25. The summed E-state index contributed by atoms with van der Waals surface area (Å²) in [6, 6.07) is 5.03. The average molecular weight is 359 g/mol. The van der Waals surface area contributed by atoms with Crippen molar-refractivity contribution in [1.29, 1.82) is 0 Å². The molecule has 0 bridgehead atoms. The largest absolute Gasteiger partial charge is 0.444 e. The molecule has 1 aromatic rings. The van der Waals surface area contributed by atoms with Crippen molar-refractivity contribution < 1.29 is 13.9 Å². The molecule has 1 fully saturated rings. The number of rotatable bonds is 2. The van der Waals surface area contributed by atoms with Gasteiger partial charge in [-0.25, -0.2) is 9.18 Å². The Morgan fingerprint density at radius 2 is 2.19 bits per heavy atom. The second-order valence-electron chi connectivity index (χ2n) is 6.19. The number of hydrogen-bond donors (Lipinski definition) is 1. The molecular formula is C15H20BrFN2O2. The van der Waals surface area contributed by atoms with Gasteiger partial charge in [0.1, 0.15) is 11.4 Å². The molecule has 1 atom stereocenters. The number of nitrogens with zero attached hydrogens (tertiary/aromatic N) is 1. The summed E-state index contributed by atoms with van der Waals surface area (Å²) in [6.07, 6.45) is 0.519. The normalized spacial score (nSPS) is 18.7. The molecule has 1 amide bonds. The highest BCUT2D eigenvalue weighted by Crippen LogP contribution is 2.22. The zero-order valence-corrected chi connectivity index (χ0v) is 14.0. The summed E-state index contributed by atoms with van der Waals surface area (Å²) < 4.78 is 19.3. The molecule has 0 aliphatic carbocycles. The first-order chi connectivity index (χ1) is 9.74. The van der Waals surface area contributed by atoms with Crippen LogP contribution in [0.5, 0.6) is 0 Å². The third-order valence-corrected chi connectivity index (χ3v) is 3.77. The Morgan fingerprint density at radius 3 is 2.81 bits per heavy atom. The third kappa shape index (κ3) is 4.59. The first-order valence-electron chi connectivity index (χ1n) is 6.94. The Morgan fingerprint density at radius 1 is 1.48 bits per heavy atom. The van der Waals surface area contributed by atoms with E-state index in [9.17, 15) is 9.18 Å². The Balaban J connectivity index is 1.90. The molecule has 1 heterocycles. The fraction of sp³-hybridized carbons (Fsp3) is 0.533.